The number of nitrogens with zero attached hydrogens (tertiary/aromatic N) is 3. The third kappa shape index (κ3) is 2.88. The number of rotatable bonds is 3. The molecule has 0 unspecified atom stereocenters. The Labute approximate surface area is 128 Å². The highest BCUT2D eigenvalue weighted by atomic mass is 35.5. The number of anilines is 1. The van der Waals surface area contributed by atoms with Crippen LogP contribution in [-0.4, -0.2) is 21.0 Å². The van der Waals surface area contributed by atoms with Gasteiger partial charge in [0, 0.05) is 6.04 Å². The zero-order valence-electron chi connectivity index (χ0n) is 11.8. The number of halogens is 1. The first-order valence-electron chi connectivity index (χ1n) is 7.25. The summed E-state index contributed by atoms with van der Waals surface area (Å²) < 4.78 is 0. The fourth-order valence-corrected chi connectivity index (χ4v) is 3.78. The Kier molecular flexibility index (Phi) is 4.08. The van der Waals surface area contributed by atoms with Crippen molar-refractivity contribution in [3.63, 3.8) is 0 Å². The number of hydrogen-bond donors (Lipinski definition) is 1. The average Bonchev–Trinajstić information content (AvgIpc) is 2.84. The summed E-state index contributed by atoms with van der Waals surface area (Å²) in [7, 11) is 0. The van der Waals surface area contributed by atoms with E-state index in [1.54, 1.807) is 11.3 Å². The van der Waals surface area contributed by atoms with Gasteiger partial charge < -0.3 is 5.32 Å². The van der Waals surface area contributed by atoms with E-state index >= 15 is 0 Å². The summed E-state index contributed by atoms with van der Waals surface area (Å²) >= 11 is 7.64. The van der Waals surface area contributed by atoms with Gasteiger partial charge in [-0.3, -0.25) is 0 Å². The molecule has 4 nitrogen and oxygen atoms in total. The first-order valence-corrected chi connectivity index (χ1v) is 8.44. The quantitative estimate of drug-likeness (QED) is 0.859. The van der Waals surface area contributed by atoms with Crippen molar-refractivity contribution >= 4 is 39.1 Å². The van der Waals surface area contributed by atoms with Crippen molar-refractivity contribution in [1.82, 2.24) is 15.0 Å². The molecule has 2 aromatic heterocycles. The molecule has 0 radical (unpaired) electrons. The van der Waals surface area contributed by atoms with Gasteiger partial charge in [-0.05, 0) is 49.6 Å². The van der Waals surface area contributed by atoms with Crippen molar-refractivity contribution in [2.45, 2.75) is 52.0 Å². The molecular formula is C14H19ClN4S. The van der Waals surface area contributed by atoms with Crippen molar-refractivity contribution in [3.8, 4) is 0 Å². The minimum atomic E-state index is 0.301. The summed E-state index contributed by atoms with van der Waals surface area (Å²) in [6, 6.07) is 0.479. The van der Waals surface area contributed by atoms with Crippen LogP contribution in [0.25, 0.3) is 10.3 Å². The number of fused-ring (bicyclic) bond motifs is 1. The maximum Gasteiger partial charge on any atom is 0.225 e. The van der Waals surface area contributed by atoms with E-state index in [0.717, 1.165) is 33.5 Å². The lowest BCUT2D eigenvalue weighted by atomic mass is 9.87. The van der Waals surface area contributed by atoms with Crippen LogP contribution >= 0.6 is 22.9 Å². The maximum atomic E-state index is 6.03. The molecule has 0 aliphatic heterocycles. The van der Waals surface area contributed by atoms with Crippen molar-refractivity contribution in [2.75, 3.05) is 5.32 Å². The van der Waals surface area contributed by atoms with E-state index in [2.05, 4.69) is 34.1 Å². The lowest BCUT2D eigenvalue weighted by Gasteiger charge is -2.27. The number of aromatic nitrogens is 3. The topological polar surface area (TPSA) is 50.7 Å². The van der Waals surface area contributed by atoms with Crippen molar-refractivity contribution < 1.29 is 0 Å². The molecule has 3 rings (SSSR count). The SMILES string of the molecule is CCc1nc2c(NC3CCC(C)CC3)nc(Cl)nc2s1. The van der Waals surface area contributed by atoms with E-state index in [4.69, 9.17) is 11.6 Å². The second-order valence-electron chi connectivity index (χ2n) is 5.56. The van der Waals surface area contributed by atoms with E-state index in [1.165, 1.54) is 25.7 Å². The predicted molar refractivity (Wildman–Crippen MR) is 84.6 cm³/mol. The van der Waals surface area contributed by atoms with Crippen LogP contribution in [0.3, 0.4) is 0 Å². The molecule has 0 aromatic carbocycles. The Morgan fingerprint density at radius 2 is 1.95 bits per heavy atom. The van der Waals surface area contributed by atoms with Gasteiger partial charge in [0.1, 0.15) is 5.52 Å². The van der Waals surface area contributed by atoms with Crippen molar-refractivity contribution in [2.24, 2.45) is 5.92 Å². The van der Waals surface area contributed by atoms with Crippen LogP contribution in [0, 0.1) is 5.92 Å². The zero-order valence-corrected chi connectivity index (χ0v) is 13.4. The molecule has 1 saturated carbocycles. The summed E-state index contributed by atoms with van der Waals surface area (Å²) in [5.41, 5.74) is 0.870. The molecule has 2 heterocycles. The standard InChI is InChI=1S/C14H19ClN4S/c1-3-10-17-11-12(18-14(15)19-13(11)20-10)16-9-6-4-8(2)5-7-9/h8-9H,3-7H2,1-2H3,(H,16,18,19). The first kappa shape index (κ1) is 14.0. The number of nitrogens with one attached hydrogen (secondary N) is 1. The maximum absolute atomic E-state index is 6.03. The molecule has 0 bridgehead atoms. The third-order valence-electron chi connectivity index (χ3n) is 3.93. The van der Waals surface area contributed by atoms with Gasteiger partial charge in [-0.25, -0.2) is 9.97 Å². The highest BCUT2D eigenvalue weighted by Crippen LogP contribution is 2.30. The van der Waals surface area contributed by atoms with E-state index < -0.39 is 0 Å². The summed E-state index contributed by atoms with van der Waals surface area (Å²) in [6.07, 6.45) is 5.84. The molecule has 1 aliphatic carbocycles. The van der Waals surface area contributed by atoms with Gasteiger partial charge >= 0.3 is 0 Å². The van der Waals surface area contributed by atoms with E-state index in [0.29, 0.717) is 11.3 Å². The fourth-order valence-electron chi connectivity index (χ4n) is 2.69. The fraction of sp³-hybridized carbons (Fsp3) is 0.643. The van der Waals surface area contributed by atoms with Crippen LogP contribution in [0.4, 0.5) is 5.82 Å². The molecule has 1 aliphatic rings. The predicted octanol–water partition coefficient (Wildman–Crippen LogP) is 4.29. The van der Waals surface area contributed by atoms with Crippen LogP contribution in [0.5, 0.6) is 0 Å². The minimum absolute atomic E-state index is 0.301. The van der Waals surface area contributed by atoms with Crippen LogP contribution in [0.2, 0.25) is 5.28 Å². The normalized spacial score (nSPS) is 23.1. The van der Waals surface area contributed by atoms with Gasteiger partial charge in [0.2, 0.25) is 5.28 Å². The van der Waals surface area contributed by atoms with Gasteiger partial charge in [-0.1, -0.05) is 25.2 Å². The van der Waals surface area contributed by atoms with Crippen LogP contribution < -0.4 is 5.32 Å². The molecule has 20 heavy (non-hydrogen) atoms. The largest absolute Gasteiger partial charge is 0.365 e. The molecule has 0 saturated heterocycles. The monoisotopic (exact) mass is 310 g/mol. The third-order valence-corrected chi connectivity index (χ3v) is 5.20. The molecule has 6 heteroatoms. The summed E-state index contributed by atoms with van der Waals surface area (Å²) in [6.45, 7) is 4.42. The smallest absolute Gasteiger partial charge is 0.225 e. The summed E-state index contributed by atoms with van der Waals surface area (Å²) in [5.74, 6) is 1.64. The molecule has 108 valence electrons. The molecule has 0 amide bonds. The first-order chi connectivity index (χ1) is 9.65. The highest BCUT2D eigenvalue weighted by molar-refractivity contribution is 7.18. The number of hydrogen-bond acceptors (Lipinski definition) is 5. The molecule has 1 fully saturated rings. The molecule has 1 N–H and O–H groups in total. The van der Waals surface area contributed by atoms with E-state index in [-0.39, 0.29) is 0 Å². The molecule has 0 spiro atoms. The molecular weight excluding hydrogens is 292 g/mol. The highest BCUT2D eigenvalue weighted by Gasteiger charge is 2.20. The lowest BCUT2D eigenvalue weighted by Crippen LogP contribution is -2.25. The zero-order chi connectivity index (χ0) is 14.1. The molecule has 2 aromatic rings. The Morgan fingerprint density at radius 3 is 2.65 bits per heavy atom. The van der Waals surface area contributed by atoms with Crippen LogP contribution in [0.1, 0.15) is 44.5 Å². The van der Waals surface area contributed by atoms with Crippen molar-refractivity contribution in [1.29, 1.82) is 0 Å². The Bertz CT molecular complexity index is 604. The molecule has 0 atom stereocenters. The average molecular weight is 311 g/mol. The van der Waals surface area contributed by atoms with E-state index in [9.17, 15) is 0 Å². The Hall–Kier alpha value is -0.940. The van der Waals surface area contributed by atoms with Gasteiger partial charge in [0.05, 0.1) is 5.01 Å². The Morgan fingerprint density at radius 1 is 1.20 bits per heavy atom. The minimum Gasteiger partial charge on any atom is -0.365 e. The van der Waals surface area contributed by atoms with Crippen molar-refractivity contribution in [3.05, 3.63) is 10.3 Å². The van der Waals surface area contributed by atoms with Gasteiger partial charge in [0.15, 0.2) is 10.6 Å². The van der Waals surface area contributed by atoms with Gasteiger partial charge in [-0.15, -0.1) is 0 Å². The second kappa shape index (κ2) is 5.82. The number of aryl methyl sites for hydroxylation is 1. The summed E-state index contributed by atoms with van der Waals surface area (Å²) in [4.78, 5) is 14.1. The number of thiazole rings is 1. The lowest BCUT2D eigenvalue weighted by molar-refractivity contribution is 0.361. The van der Waals surface area contributed by atoms with Gasteiger partial charge in [-0.2, -0.15) is 4.98 Å². The summed E-state index contributed by atoms with van der Waals surface area (Å²) in [5, 5.41) is 4.91. The van der Waals surface area contributed by atoms with Crippen LogP contribution in [-0.2, 0) is 6.42 Å². The van der Waals surface area contributed by atoms with E-state index in [1.807, 2.05) is 0 Å². The Balaban J connectivity index is 1.88. The second-order valence-corrected chi connectivity index (χ2v) is 6.96. The van der Waals surface area contributed by atoms with Crippen LogP contribution in [0.15, 0.2) is 0 Å². The van der Waals surface area contributed by atoms with Gasteiger partial charge in [0.25, 0.3) is 0 Å².